The Hall–Kier alpha value is -0.870. The van der Waals surface area contributed by atoms with Crippen molar-refractivity contribution in [1.82, 2.24) is 10.1 Å². The highest BCUT2D eigenvalue weighted by Crippen LogP contribution is 2.23. The molecule has 0 radical (unpaired) electrons. The van der Waals surface area contributed by atoms with E-state index in [1.54, 1.807) is 7.11 Å². The van der Waals surface area contributed by atoms with Crippen LogP contribution in [0.25, 0.3) is 0 Å². The van der Waals surface area contributed by atoms with Gasteiger partial charge >= 0.3 is 0 Å². The van der Waals surface area contributed by atoms with Gasteiger partial charge in [-0.05, 0) is 25.8 Å². The molecule has 1 aromatic rings. The van der Waals surface area contributed by atoms with Crippen molar-refractivity contribution in [3.8, 4) is 0 Å². The quantitative estimate of drug-likeness (QED) is 0.792. The van der Waals surface area contributed by atoms with E-state index < -0.39 is 0 Å². The van der Waals surface area contributed by atoms with E-state index in [0.29, 0.717) is 12.0 Å². The molecule has 1 fully saturated rings. The van der Waals surface area contributed by atoms with E-state index in [1.807, 2.05) is 0 Å². The Balaban J connectivity index is 1.94. The molecular formula is C15H26N2O2. The fraction of sp³-hybridized carbons (Fsp3) is 0.800. The van der Waals surface area contributed by atoms with Crippen LogP contribution in [-0.4, -0.2) is 36.4 Å². The van der Waals surface area contributed by atoms with Gasteiger partial charge in [0, 0.05) is 38.3 Å². The molecule has 19 heavy (non-hydrogen) atoms. The molecule has 2 rings (SSSR count). The van der Waals surface area contributed by atoms with Crippen LogP contribution < -0.4 is 0 Å². The molecule has 0 saturated carbocycles. The summed E-state index contributed by atoms with van der Waals surface area (Å²) in [4.78, 5) is 2.53. The number of hydrogen-bond donors (Lipinski definition) is 0. The summed E-state index contributed by atoms with van der Waals surface area (Å²) in [6, 6.07) is 2.74. The molecule has 108 valence electrons. The van der Waals surface area contributed by atoms with Crippen LogP contribution in [0.1, 0.15) is 56.9 Å². The first-order chi connectivity index (χ1) is 9.20. The fourth-order valence-electron chi connectivity index (χ4n) is 2.73. The fourth-order valence-corrected chi connectivity index (χ4v) is 2.73. The molecule has 1 aliphatic rings. The first-order valence-electron chi connectivity index (χ1n) is 7.39. The number of methoxy groups -OCH3 is 1. The second-order valence-electron chi connectivity index (χ2n) is 5.78. The molecule has 0 aromatic carbocycles. The van der Waals surface area contributed by atoms with Gasteiger partial charge in [0.1, 0.15) is 5.76 Å². The highest BCUT2D eigenvalue weighted by atomic mass is 16.5. The van der Waals surface area contributed by atoms with Gasteiger partial charge in [-0.15, -0.1) is 0 Å². The van der Waals surface area contributed by atoms with E-state index in [-0.39, 0.29) is 0 Å². The lowest BCUT2D eigenvalue weighted by atomic mass is 9.99. The van der Waals surface area contributed by atoms with Gasteiger partial charge in [0.2, 0.25) is 0 Å². The van der Waals surface area contributed by atoms with Gasteiger partial charge in [-0.3, -0.25) is 4.90 Å². The molecule has 0 aliphatic carbocycles. The minimum Gasteiger partial charge on any atom is -0.385 e. The van der Waals surface area contributed by atoms with Crippen LogP contribution in [0, 0.1) is 0 Å². The van der Waals surface area contributed by atoms with Gasteiger partial charge in [0.25, 0.3) is 0 Å². The van der Waals surface area contributed by atoms with Crippen LogP contribution in [0.5, 0.6) is 0 Å². The van der Waals surface area contributed by atoms with E-state index in [9.17, 15) is 0 Å². The predicted molar refractivity (Wildman–Crippen MR) is 75.1 cm³/mol. The molecule has 1 aromatic heterocycles. The van der Waals surface area contributed by atoms with Gasteiger partial charge in [0.05, 0.1) is 5.69 Å². The Kier molecular flexibility index (Phi) is 5.40. The van der Waals surface area contributed by atoms with Crippen molar-refractivity contribution in [3.63, 3.8) is 0 Å². The second kappa shape index (κ2) is 7.06. The average molecular weight is 266 g/mol. The third-order valence-corrected chi connectivity index (χ3v) is 3.92. The van der Waals surface area contributed by atoms with Crippen LogP contribution in [0.2, 0.25) is 0 Å². The summed E-state index contributed by atoms with van der Waals surface area (Å²) in [7, 11) is 1.78. The lowest BCUT2D eigenvalue weighted by Crippen LogP contribution is -2.39. The van der Waals surface area contributed by atoms with E-state index in [0.717, 1.165) is 37.6 Å². The SMILES string of the molecule is COCCC1CCCCN1Cc1cc(C(C)C)on1. The Labute approximate surface area is 116 Å². The van der Waals surface area contributed by atoms with Crippen molar-refractivity contribution >= 4 is 0 Å². The van der Waals surface area contributed by atoms with Crippen molar-refractivity contribution in [2.45, 2.75) is 58.0 Å². The summed E-state index contributed by atoms with van der Waals surface area (Å²) >= 11 is 0. The molecule has 1 saturated heterocycles. The zero-order chi connectivity index (χ0) is 13.7. The van der Waals surface area contributed by atoms with Crippen LogP contribution in [-0.2, 0) is 11.3 Å². The molecule has 4 heteroatoms. The zero-order valence-electron chi connectivity index (χ0n) is 12.4. The number of hydrogen-bond acceptors (Lipinski definition) is 4. The monoisotopic (exact) mass is 266 g/mol. The van der Waals surface area contributed by atoms with Gasteiger partial charge in [-0.2, -0.15) is 0 Å². The first kappa shape index (κ1) is 14.5. The summed E-state index contributed by atoms with van der Waals surface area (Å²) in [5.41, 5.74) is 1.06. The summed E-state index contributed by atoms with van der Waals surface area (Å²) in [6.07, 6.45) is 5.02. The van der Waals surface area contributed by atoms with E-state index in [4.69, 9.17) is 9.26 Å². The predicted octanol–water partition coefficient (Wildman–Crippen LogP) is 3.19. The number of aromatic nitrogens is 1. The Morgan fingerprint density at radius 2 is 2.32 bits per heavy atom. The van der Waals surface area contributed by atoms with Gasteiger partial charge < -0.3 is 9.26 Å². The van der Waals surface area contributed by atoms with Gasteiger partial charge in [-0.25, -0.2) is 0 Å². The third kappa shape index (κ3) is 4.05. The summed E-state index contributed by atoms with van der Waals surface area (Å²) in [6.45, 7) is 7.18. The lowest BCUT2D eigenvalue weighted by molar-refractivity contribution is 0.0954. The standard InChI is InChI=1S/C15H26N2O2/c1-12(2)15-10-13(16-19-15)11-17-8-5-4-6-14(17)7-9-18-3/h10,12,14H,4-9,11H2,1-3H3. The van der Waals surface area contributed by atoms with E-state index in [2.05, 4.69) is 30.0 Å². The number of piperidine rings is 1. The first-order valence-corrected chi connectivity index (χ1v) is 7.39. The Bertz CT molecular complexity index is 376. The number of likely N-dealkylation sites (tertiary alicyclic amines) is 1. The molecule has 0 bridgehead atoms. The van der Waals surface area contributed by atoms with Crippen molar-refractivity contribution in [2.24, 2.45) is 0 Å². The van der Waals surface area contributed by atoms with Crippen molar-refractivity contribution in [2.75, 3.05) is 20.3 Å². The number of ether oxygens (including phenoxy) is 1. The van der Waals surface area contributed by atoms with Gasteiger partial charge in [0.15, 0.2) is 0 Å². The van der Waals surface area contributed by atoms with E-state index in [1.165, 1.54) is 19.3 Å². The molecule has 0 spiro atoms. The van der Waals surface area contributed by atoms with Gasteiger partial charge in [-0.1, -0.05) is 25.4 Å². The molecule has 1 unspecified atom stereocenters. The minimum atomic E-state index is 0.409. The smallest absolute Gasteiger partial charge is 0.139 e. The summed E-state index contributed by atoms with van der Waals surface area (Å²) < 4.78 is 10.6. The molecular weight excluding hydrogens is 240 g/mol. The molecule has 0 amide bonds. The van der Waals surface area contributed by atoms with Crippen molar-refractivity contribution in [3.05, 3.63) is 17.5 Å². The largest absolute Gasteiger partial charge is 0.385 e. The van der Waals surface area contributed by atoms with Crippen LogP contribution in [0.4, 0.5) is 0 Å². The number of nitrogens with zero attached hydrogens (tertiary/aromatic N) is 2. The maximum atomic E-state index is 5.38. The van der Waals surface area contributed by atoms with Crippen molar-refractivity contribution in [1.29, 1.82) is 0 Å². The Morgan fingerprint density at radius 1 is 1.47 bits per heavy atom. The normalized spacial score (nSPS) is 21.2. The van der Waals surface area contributed by atoms with Crippen molar-refractivity contribution < 1.29 is 9.26 Å². The lowest BCUT2D eigenvalue weighted by Gasteiger charge is -2.35. The molecule has 2 heterocycles. The maximum Gasteiger partial charge on any atom is 0.139 e. The average Bonchev–Trinajstić information content (AvgIpc) is 2.86. The van der Waals surface area contributed by atoms with Crippen LogP contribution >= 0.6 is 0 Å². The zero-order valence-corrected chi connectivity index (χ0v) is 12.4. The van der Waals surface area contributed by atoms with E-state index >= 15 is 0 Å². The molecule has 0 N–H and O–H groups in total. The molecule has 1 aliphatic heterocycles. The van der Waals surface area contributed by atoms with Crippen LogP contribution in [0.15, 0.2) is 10.6 Å². The minimum absolute atomic E-state index is 0.409. The maximum absolute atomic E-state index is 5.38. The second-order valence-corrected chi connectivity index (χ2v) is 5.78. The highest BCUT2D eigenvalue weighted by molar-refractivity contribution is 5.08. The molecule has 4 nitrogen and oxygen atoms in total. The summed E-state index contributed by atoms with van der Waals surface area (Å²) in [5.74, 6) is 1.40. The summed E-state index contributed by atoms with van der Waals surface area (Å²) in [5, 5.41) is 4.20. The highest BCUT2D eigenvalue weighted by Gasteiger charge is 2.23. The molecule has 1 atom stereocenters. The Morgan fingerprint density at radius 3 is 3.00 bits per heavy atom. The third-order valence-electron chi connectivity index (χ3n) is 3.92. The van der Waals surface area contributed by atoms with Crippen LogP contribution in [0.3, 0.4) is 0 Å². The topological polar surface area (TPSA) is 38.5 Å². The number of rotatable bonds is 6.